The normalized spacial score (nSPS) is 24.9. The molecule has 0 bridgehead atoms. The molecule has 0 saturated carbocycles. The van der Waals surface area contributed by atoms with Gasteiger partial charge in [0.1, 0.15) is 11.8 Å². The molecule has 1 saturated heterocycles. The van der Waals surface area contributed by atoms with Crippen LogP contribution < -0.4 is 0 Å². The first kappa shape index (κ1) is 11.3. The SMILES string of the molecule is CCCn1nccc1C(=O)C1OCCC1C. The number of rotatable bonds is 4. The summed E-state index contributed by atoms with van der Waals surface area (Å²) in [6.45, 7) is 5.62. The molecule has 1 aliphatic heterocycles. The van der Waals surface area contributed by atoms with Gasteiger partial charge < -0.3 is 4.74 Å². The maximum Gasteiger partial charge on any atom is 0.209 e. The van der Waals surface area contributed by atoms with Crippen LogP contribution in [0.2, 0.25) is 0 Å². The lowest BCUT2D eigenvalue weighted by Gasteiger charge is -2.13. The highest BCUT2D eigenvalue weighted by Crippen LogP contribution is 2.23. The number of carbonyl (C=O) groups excluding carboxylic acids is 1. The van der Waals surface area contributed by atoms with E-state index in [2.05, 4.69) is 18.9 Å². The number of carbonyl (C=O) groups is 1. The Morgan fingerprint density at radius 3 is 3.12 bits per heavy atom. The Bertz CT molecular complexity index is 373. The monoisotopic (exact) mass is 222 g/mol. The molecule has 2 unspecified atom stereocenters. The lowest BCUT2D eigenvalue weighted by molar-refractivity contribution is 0.0568. The summed E-state index contributed by atoms with van der Waals surface area (Å²) in [6, 6.07) is 1.78. The highest BCUT2D eigenvalue weighted by molar-refractivity contribution is 5.98. The zero-order chi connectivity index (χ0) is 11.5. The first-order chi connectivity index (χ1) is 7.74. The molecule has 2 atom stereocenters. The Labute approximate surface area is 95.6 Å². The summed E-state index contributed by atoms with van der Waals surface area (Å²) >= 11 is 0. The second-order valence-electron chi connectivity index (χ2n) is 4.36. The lowest BCUT2D eigenvalue weighted by atomic mass is 9.99. The van der Waals surface area contributed by atoms with Crippen LogP contribution in [0.1, 0.15) is 37.2 Å². The zero-order valence-corrected chi connectivity index (χ0v) is 9.85. The van der Waals surface area contributed by atoms with Crippen LogP contribution in [0.15, 0.2) is 12.3 Å². The van der Waals surface area contributed by atoms with Gasteiger partial charge in [0, 0.05) is 19.3 Å². The zero-order valence-electron chi connectivity index (χ0n) is 9.85. The van der Waals surface area contributed by atoms with Crippen molar-refractivity contribution in [3.8, 4) is 0 Å². The van der Waals surface area contributed by atoms with E-state index >= 15 is 0 Å². The van der Waals surface area contributed by atoms with Gasteiger partial charge in [0.2, 0.25) is 5.78 Å². The molecule has 0 spiro atoms. The Morgan fingerprint density at radius 2 is 2.50 bits per heavy atom. The number of ketones is 1. The van der Waals surface area contributed by atoms with Crippen molar-refractivity contribution >= 4 is 5.78 Å². The molecule has 2 heterocycles. The van der Waals surface area contributed by atoms with Gasteiger partial charge in [0.25, 0.3) is 0 Å². The molecule has 16 heavy (non-hydrogen) atoms. The lowest BCUT2D eigenvalue weighted by Crippen LogP contribution is -2.27. The van der Waals surface area contributed by atoms with E-state index in [0.717, 1.165) is 19.4 Å². The van der Waals surface area contributed by atoms with Crippen molar-refractivity contribution in [1.82, 2.24) is 9.78 Å². The molecule has 0 N–H and O–H groups in total. The minimum absolute atomic E-state index is 0.0796. The molecule has 1 aromatic heterocycles. The molecule has 1 aromatic rings. The Kier molecular flexibility index (Phi) is 3.39. The maximum atomic E-state index is 12.2. The number of hydrogen-bond donors (Lipinski definition) is 0. The average Bonchev–Trinajstić information content (AvgIpc) is 2.87. The van der Waals surface area contributed by atoms with Gasteiger partial charge in [-0.1, -0.05) is 13.8 Å². The largest absolute Gasteiger partial charge is 0.370 e. The van der Waals surface area contributed by atoms with E-state index in [9.17, 15) is 4.79 Å². The third-order valence-corrected chi connectivity index (χ3v) is 3.05. The van der Waals surface area contributed by atoms with Crippen LogP contribution in [0.3, 0.4) is 0 Å². The van der Waals surface area contributed by atoms with E-state index in [-0.39, 0.29) is 11.9 Å². The molecule has 0 amide bonds. The Morgan fingerprint density at radius 1 is 1.69 bits per heavy atom. The molecule has 1 fully saturated rings. The minimum Gasteiger partial charge on any atom is -0.370 e. The molecule has 4 heteroatoms. The van der Waals surface area contributed by atoms with Crippen LogP contribution in [0, 0.1) is 5.92 Å². The first-order valence-electron chi connectivity index (χ1n) is 5.91. The van der Waals surface area contributed by atoms with Crippen molar-refractivity contribution in [2.45, 2.75) is 39.3 Å². The smallest absolute Gasteiger partial charge is 0.209 e. The van der Waals surface area contributed by atoms with Gasteiger partial charge in [-0.05, 0) is 24.8 Å². The van der Waals surface area contributed by atoms with Gasteiger partial charge in [-0.3, -0.25) is 9.48 Å². The molecule has 0 aromatic carbocycles. The third kappa shape index (κ3) is 2.02. The molecule has 88 valence electrons. The first-order valence-corrected chi connectivity index (χ1v) is 5.91. The quantitative estimate of drug-likeness (QED) is 0.731. The van der Waals surface area contributed by atoms with E-state index in [1.54, 1.807) is 16.9 Å². The molecule has 1 aliphatic rings. The Hall–Kier alpha value is -1.16. The fourth-order valence-electron chi connectivity index (χ4n) is 2.11. The van der Waals surface area contributed by atoms with E-state index in [1.165, 1.54) is 0 Å². The summed E-state index contributed by atoms with van der Waals surface area (Å²) in [6.07, 6.45) is 3.36. The van der Waals surface area contributed by atoms with Crippen molar-refractivity contribution in [2.24, 2.45) is 5.92 Å². The summed E-state index contributed by atoms with van der Waals surface area (Å²) < 4.78 is 7.27. The van der Waals surface area contributed by atoms with Crippen LogP contribution in [-0.2, 0) is 11.3 Å². The molecule has 2 rings (SSSR count). The summed E-state index contributed by atoms with van der Waals surface area (Å²) in [5.74, 6) is 0.397. The maximum absolute atomic E-state index is 12.2. The molecular weight excluding hydrogens is 204 g/mol. The predicted octanol–water partition coefficient (Wildman–Crippen LogP) is 1.90. The van der Waals surface area contributed by atoms with E-state index in [0.29, 0.717) is 18.2 Å². The van der Waals surface area contributed by atoms with Gasteiger partial charge in [-0.15, -0.1) is 0 Å². The van der Waals surface area contributed by atoms with Crippen molar-refractivity contribution in [3.63, 3.8) is 0 Å². The number of Topliss-reactive ketones (excluding diaryl/α,β-unsaturated/α-hetero) is 1. The second kappa shape index (κ2) is 4.78. The van der Waals surface area contributed by atoms with Gasteiger partial charge >= 0.3 is 0 Å². The van der Waals surface area contributed by atoms with Gasteiger partial charge in [0.05, 0.1) is 0 Å². The average molecular weight is 222 g/mol. The standard InChI is InChI=1S/C12H18N2O2/c1-3-7-14-10(4-6-13-14)11(15)12-9(2)5-8-16-12/h4,6,9,12H,3,5,7-8H2,1-2H3. The van der Waals surface area contributed by atoms with Gasteiger partial charge in [-0.2, -0.15) is 5.10 Å². The fraction of sp³-hybridized carbons (Fsp3) is 0.667. The highest BCUT2D eigenvalue weighted by atomic mass is 16.5. The highest BCUT2D eigenvalue weighted by Gasteiger charge is 2.32. The van der Waals surface area contributed by atoms with Crippen LogP contribution in [-0.4, -0.2) is 28.3 Å². The van der Waals surface area contributed by atoms with Crippen LogP contribution >= 0.6 is 0 Å². The number of aromatic nitrogens is 2. The number of nitrogens with zero attached hydrogens (tertiary/aromatic N) is 2. The van der Waals surface area contributed by atoms with Crippen molar-refractivity contribution in [3.05, 3.63) is 18.0 Å². The topological polar surface area (TPSA) is 44.1 Å². The van der Waals surface area contributed by atoms with Gasteiger partial charge in [-0.25, -0.2) is 0 Å². The summed E-state index contributed by atoms with van der Waals surface area (Å²) in [4.78, 5) is 12.2. The van der Waals surface area contributed by atoms with Gasteiger partial charge in [0.15, 0.2) is 0 Å². The molecule has 0 radical (unpaired) electrons. The minimum atomic E-state index is -0.271. The third-order valence-electron chi connectivity index (χ3n) is 3.05. The summed E-state index contributed by atoms with van der Waals surface area (Å²) in [7, 11) is 0. The predicted molar refractivity (Wildman–Crippen MR) is 60.4 cm³/mol. The second-order valence-corrected chi connectivity index (χ2v) is 4.36. The van der Waals surface area contributed by atoms with Crippen LogP contribution in [0.5, 0.6) is 0 Å². The number of aryl methyl sites for hydroxylation is 1. The van der Waals surface area contributed by atoms with E-state index < -0.39 is 0 Å². The van der Waals surface area contributed by atoms with Crippen LogP contribution in [0.25, 0.3) is 0 Å². The molecular formula is C12H18N2O2. The fourth-order valence-corrected chi connectivity index (χ4v) is 2.11. The Balaban J connectivity index is 2.16. The van der Waals surface area contributed by atoms with Crippen molar-refractivity contribution < 1.29 is 9.53 Å². The number of ether oxygens (including phenoxy) is 1. The molecule has 4 nitrogen and oxygen atoms in total. The summed E-state index contributed by atoms with van der Waals surface area (Å²) in [5, 5.41) is 4.16. The van der Waals surface area contributed by atoms with E-state index in [4.69, 9.17) is 4.74 Å². The summed E-state index contributed by atoms with van der Waals surface area (Å²) in [5.41, 5.74) is 0.681. The molecule has 0 aliphatic carbocycles. The van der Waals surface area contributed by atoms with Crippen molar-refractivity contribution in [2.75, 3.05) is 6.61 Å². The van der Waals surface area contributed by atoms with Crippen molar-refractivity contribution in [1.29, 1.82) is 0 Å². The van der Waals surface area contributed by atoms with Crippen LogP contribution in [0.4, 0.5) is 0 Å². The van der Waals surface area contributed by atoms with E-state index in [1.807, 2.05) is 0 Å². The number of hydrogen-bond acceptors (Lipinski definition) is 3.